The second-order valence-electron chi connectivity index (χ2n) is 4.38. The van der Waals surface area contributed by atoms with E-state index in [1.54, 1.807) is 24.3 Å². The lowest BCUT2D eigenvalue weighted by Gasteiger charge is -2.07. The second kappa shape index (κ2) is 7.78. The predicted octanol–water partition coefficient (Wildman–Crippen LogP) is 2.45. The van der Waals surface area contributed by atoms with Crippen LogP contribution in [0.2, 0.25) is 0 Å². The molecule has 4 nitrogen and oxygen atoms in total. The van der Waals surface area contributed by atoms with E-state index in [2.05, 4.69) is 33.2 Å². The topological polar surface area (TPSA) is 58.2 Å². The maximum Gasteiger partial charge on any atom is 0.251 e. The van der Waals surface area contributed by atoms with E-state index in [-0.39, 0.29) is 11.8 Å². The van der Waals surface area contributed by atoms with Gasteiger partial charge < -0.3 is 10.6 Å². The number of halogens is 1. The highest BCUT2D eigenvalue weighted by Gasteiger charge is 2.06. The summed E-state index contributed by atoms with van der Waals surface area (Å²) in [6, 6.07) is 16.3. The molecule has 2 rings (SSSR count). The van der Waals surface area contributed by atoms with Crippen molar-refractivity contribution in [1.82, 2.24) is 10.6 Å². The van der Waals surface area contributed by atoms with Crippen LogP contribution in [-0.4, -0.2) is 24.9 Å². The van der Waals surface area contributed by atoms with Crippen LogP contribution in [0.15, 0.2) is 54.6 Å². The molecule has 0 aromatic heterocycles. The molecule has 5 heteroatoms. The molecular formula is C16H15IN2O2. The van der Waals surface area contributed by atoms with E-state index in [4.69, 9.17) is 0 Å². The summed E-state index contributed by atoms with van der Waals surface area (Å²) in [6.45, 7) is 0.785. The fourth-order valence-electron chi connectivity index (χ4n) is 1.75. The molecule has 2 amide bonds. The van der Waals surface area contributed by atoms with Crippen molar-refractivity contribution in [2.24, 2.45) is 0 Å². The summed E-state index contributed by atoms with van der Waals surface area (Å²) >= 11 is 2.19. The Kier molecular flexibility index (Phi) is 5.74. The maximum atomic E-state index is 11.8. The third-order valence-electron chi connectivity index (χ3n) is 2.84. The number of nitrogens with one attached hydrogen (secondary N) is 2. The van der Waals surface area contributed by atoms with Crippen LogP contribution in [0.25, 0.3) is 0 Å². The van der Waals surface area contributed by atoms with Crippen LogP contribution in [-0.2, 0) is 0 Å². The monoisotopic (exact) mass is 394 g/mol. The molecule has 0 bridgehead atoms. The van der Waals surface area contributed by atoms with Crippen molar-refractivity contribution in [3.05, 3.63) is 69.3 Å². The van der Waals surface area contributed by atoms with Crippen molar-refractivity contribution in [1.29, 1.82) is 0 Å². The van der Waals surface area contributed by atoms with Crippen LogP contribution in [0, 0.1) is 3.57 Å². The normalized spacial score (nSPS) is 9.95. The Morgan fingerprint density at radius 3 is 1.76 bits per heavy atom. The molecule has 0 aliphatic rings. The molecule has 2 aromatic carbocycles. The van der Waals surface area contributed by atoms with Crippen LogP contribution in [0.3, 0.4) is 0 Å². The number of amides is 2. The van der Waals surface area contributed by atoms with Crippen molar-refractivity contribution in [3.8, 4) is 0 Å². The average molecular weight is 394 g/mol. The molecule has 2 aromatic rings. The summed E-state index contributed by atoms with van der Waals surface area (Å²) in [7, 11) is 0. The average Bonchev–Trinajstić information content (AvgIpc) is 2.52. The number of rotatable bonds is 5. The van der Waals surface area contributed by atoms with Crippen molar-refractivity contribution >= 4 is 34.4 Å². The fourth-order valence-corrected chi connectivity index (χ4v) is 2.11. The lowest BCUT2D eigenvalue weighted by molar-refractivity contribution is 0.0927. The highest BCUT2D eigenvalue weighted by molar-refractivity contribution is 14.1. The first kappa shape index (κ1) is 15.5. The minimum absolute atomic E-state index is 0.139. The maximum absolute atomic E-state index is 11.8. The Hall–Kier alpha value is -1.89. The van der Waals surface area contributed by atoms with Crippen LogP contribution >= 0.6 is 22.6 Å². The molecule has 0 saturated heterocycles. The van der Waals surface area contributed by atoms with Gasteiger partial charge in [-0.05, 0) is 59.0 Å². The van der Waals surface area contributed by atoms with E-state index < -0.39 is 0 Å². The number of benzene rings is 2. The molecule has 0 radical (unpaired) electrons. The highest BCUT2D eigenvalue weighted by Crippen LogP contribution is 2.06. The molecule has 0 aliphatic carbocycles. The smallest absolute Gasteiger partial charge is 0.251 e. The number of carbonyl (C=O) groups is 2. The molecule has 0 atom stereocenters. The number of hydrogen-bond acceptors (Lipinski definition) is 2. The van der Waals surface area contributed by atoms with E-state index in [9.17, 15) is 9.59 Å². The zero-order valence-corrected chi connectivity index (χ0v) is 13.5. The Balaban J connectivity index is 1.73. The summed E-state index contributed by atoms with van der Waals surface area (Å²) in [6.07, 6.45) is 0. The molecule has 108 valence electrons. The van der Waals surface area contributed by atoms with Gasteiger partial charge in [0, 0.05) is 27.8 Å². The molecule has 0 heterocycles. The third-order valence-corrected chi connectivity index (χ3v) is 3.56. The SMILES string of the molecule is O=C(NCCNC(=O)c1ccc(I)cc1)c1ccccc1. The van der Waals surface area contributed by atoms with Crippen molar-refractivity contribution in [2.45, 2.75) is 0 Å². The fraction of sp³-hybridized carbons (Fsp3) is 0.125. The minimum Gasteiger partial charge on any atom is -0.350 e. The Bertz CT molecular complexity index is 612. The van der Waals surface area contributed by atoms with Gasteiger partial charge in [-0.1, -0.05) is 18.2 Å². The van der Waals surface area contributed by atoms with E-state index in [1.807, 2.05) is 30.3 Å². The molecule has 0 spiro atoms. The molecule has 0 fully saturated rings. The molecule has 21 heavy (non-hydrogen) atoms. The van der Waals surface area contributed by atoms with Gasteiger partial charge in [-0.25, -0.2) is 0 Å². The number of carbonyl (C=O) groups excluding carboxylic acids is 2. The molecule has 0 aliphatic heterocycles. The van der Waals surface area contributed by atoms with Crippen molar-refractivity contribution in [2.75, 3.05) is 13.1 Å². The lowest BCUT2D eigenvalue weighted by atomic mass is 10.2. The van der Waals surface area contributed by atoms with E-state index in [0.29, 0.717) is 24.2 Å². The highest BCUT2D eigenvalue weighted by atomic mass is 127. The first-order valence-corrected chi connectivity index (χ1v) is 7.62. The zero-order chi connectivity index (χ0) is 15.1. The first-order valence-electron chi connectivity index (χ1n) is 6.54. The van der Waals surface area contributed by atoms with Gasteiger partial charge in [-0.15, -0.1) is 0 Å². The van der Waals surface area contributed by atoms with Gasteiger partial charge in [-0.3, -0.25) is 9.59 Å². The van der Waals surface area contributed by atoms with Crippen molar-refractivity contribution < 1.29 is 9.59 Å². The number of hydrogen-bond donors (Lipinski definition) is 2. The van der Waals surface area contributed by atoms with Gasteiger partial charge in [0.25, 0.3) is 11.8 Å². The van der Waals surface area contributed by atoms with Crippen LogP contribution in [0.4, 0.5) is 0 Å². The van der Waals surface area contributed by atoms with E-state index >= 15 is 0 Å². The Labute approximate surface area is 137 Å². The Morgan fingerprint density at radius 2 is 1.24 bits per heavy atom. The van der Waals surface area contributed by atoms with Gasteiger partial charge in [0.1, 0.15) is 0 Å². The van der Waals surface area contributed by atoms with Crippen molar-refractivity contribution in [3.63, 3.8) is 0 Å². The molecule has 0 saturated carbocycles. The summed E-state index contributed by atoms with van der Waals surface area (Å²) in [5.74, 6) is -0.278. The van der Waals surface area contributed by atoms with Crippen LogP contribution < -0.4 is 10.6 Å². The quantitative estimate of drug-likeness (QED) is 0.605. The predicted molar refractivity (Wildman–Crippen MR) is 90.3 cm³/mol. The van der Waals surface area contributed by atoms with E-state index in [0.717, 1.165) is 3.57 Å². The molecular weight excluding hydrogens is 379 g/mol. The second-order valence-corrected chi connectivity index (χ2v) is 5.63. The van der Waals surface area contributed by atoms with Gasteiger partial charge in [0.2, 0.25) is 0 Å². The minimum atomic E-state index is -0.140. The zero-order valence-electron chi connectivity index (χ0n) is 11.3. The summed E-state index contributed by atoms with van der Waals surface area (Å²) in [5, 5.41) is 5.53. The van der Waals surface area contributed by atoms with Gasteiger partial charge in [-0.2, -0.15) is 0 Å². The lowest BCUT2D eigenvalue weighted by Crippen LogP contribution is -2.34. The largest absolute Gasteiger partial charge is 0.350 e. The third kappa shape index (κ3) is 4.86. The van der Waals surface area contributed by atoms with Gasteiger partial charge in [0.15, 0.2) is 0 Å². The van der Waals surface area contributed by atoms with Crippen LogP contribution in [0.1, 0.15) is 20.7 Å². The standard InChI is InChI=1S/C16H15IN2O2/c17-14-8-6-13(7-9-14)16(21)19-11-10-18-15(20)12-4-2-1-3-5-12/h1-9H,10-11H2,(H,18,20)(H,19,21). The van der Waals surface area contributed by atoms with E-state index in [1.165, 1.54) is 0 Å². The molecule has 0 unspecified atom stereocenters. The summed E-state index contributed by atoms with van der Waals surface area (Å²) < 4.78 is 1.08. The van der Waals surface area contributed by atoms with Gasteiger partial charge >= 0.3 is 0 Å². The Morgan fingerprint density at radius 1 is 0.762 bits per heavy atom. The summed E-state index contributed by atoms with van der Waals surface area (Å²) in [4.78, 5) is 23.6. The summed E-state index contributed by atoms with van der Waals surface area (Å²) in [5.41, 5.74) is 1.23. The molecule has 2 N–H and O–H groups in total. The first-order chi connectivity index (χ1) is 10.2. The van der Waals surface area contributed by atoms with Crippen LogP contribution in [0.5, 0.6) is 0 Å². The van der Waals surface area contributed by atoms with Gasteiger partial charge in [0.05, 0.1) is 0 Å².